The summed E-state index contributed by atoms with van der Waals surface area (Å²) in [5.41, 5.74) is -1.43. The van der Waals surface area contributed by atoms with Crippen LogP contribution in [0.3, 0.4) is 0 Å². The van der Waals surface area contributed by atoms with Crippen LogP contribution in [0.25, 0.3) is 0 Å². The van der Waals surface area contributed by atoms with E-state index >= 15 is 0 Å². The van der Waals surface area contributed by atoms with Crippen molar-refractivity contribution in [2.75, 3.05) is 11.5 Å². The van der Waals surface area contributed by atoms with Crippen molar-refractivity contribution in [3.05, 3.63) is 0 Å². The fraction of sp³-hybridized carbons (Fsp3) is 0.909. The fourth-order valence-electron chi connectivity index (χ4n) is 3.73. The molecule has 212 valence electrons. The number of carbonyl (C=O) groups is 2. The molecule has 0 unspecified atom stereocenters. The fourth-order valence-corrected chi connectivity index (χ4v) is 6.89. The highest BCUT2D eigenvalue weighted by Crippen LogP contribution is 2.20. The lowest BCUT2D eigenvalue weighted by molar-refractivity contribution is 0.0501. The monoisotopic (exact) mass is 556 g/mol. The van der Waals surface area contributed by atoms with E-state index in [4.69, 9.17) is 9.47 Å². The molecule has 14 heteroatoms. The van der Waals surface area contributed by atoms with Gasteiger partial charge in [-0.15, -0.1) is 0 Å². The van der Waals surface area contributed by atoms with Gasteiger partial charge < -0.3 is 20.1 Å². The number of hydrogen-bond donors (Lipinski definition) is 4. The molecule has 1 saturated carbocycles. The third-order valence-electron chi connectivity index (χ3n) is 4.89. The van der Waals surface area contributed by atoms with E-state index in [1.54, 1.807) is 55.4 Å². The molecule has 1 fully saturated rings. The summed E-state index contributed by atoms with van der Waals surface area (Å²) in [6, 6.07) is -2.73. The summed E-state index contributed by atoms with van der Waals surface area (Å²) in [7, 11) is -7.69. The SMILES string of the molecule is C[C@@H](CS(=O)(=O)N[C@H]1CCCC[C@@H]1NS(=O)(=O)C[C@H](C)NC(=O)OC(C)(C)C)NC(=O)OC(C)(C)C. The second-order valence-electron chi connectivity index (χ2n) is 11.4. The Balaban J connectivity index is 2.72. The molecule has 0 radical (unpaired) electrons. The Labute approximate surface area is 216 Å². The molecular formula is C22H44N4O8S2. The van der Waals surface area contributed by atoms with Gasteiger partial charge in [-0.2, -0.15) is 0 Å². The van der Waals surface area contributed by atoms with Crippen LogP contribution in [0.5, 0.6) is 0 Å². The number of rotatable bonds is 10. The molecule has 0 spiro atoms. The molecule has 0 bridgehead atoms. The van der Waals surface area contributed by atoms with Crippen LogP contribution >= 0.6 is 0 Å². The van der Waals surface area contributed by atoms with Gasteiger partial charge in [0, 0.05) is 24.2 Å². The molecular weight excluding hydrogens is 512 g/mol. The summed E-state index contributed by atoms with van der Waals surface area (Å²) < 4.78 is 66.5. The number of ether oxygens (including phenoxy) is 2. The molecule has 0 heterocycles. The maximum Gasteiger partial charge on any atom is 0.407 e. The zero-order valence-corrected chi connectivity index (χ0v) is 24.3. The summed E-state index contributed by atoms with van der Waals surface area (Å²) in [5.74, 6) is -0.780. The van der Waals surface area contributed by atoms with E-state index in [2.05, 4.69) is 20.1 Å². The van der Waals surface area contributed by atoms with Crippen molar-refractivity contribution in [2.24, 2.45) is 0 Å². The molecule has 12 nitrogen and oxygen atoms in total. The number of sulfonamides is 2. The number of nitrogens with one attached hydrogen (secondary N) is 4. The third-order valence-corrected chi connectivity index (χ3v) is 8.09. The van der Waals surface area contributed by atoms with Crippen molar-refractivity contribution in [1.82, 2.24) is 20.1 Å². The lowest BCUT2D eigenvalue weighted by Gasteiger charge is -2.33. The highest BCUT2D eigenvalue weighted by atomic mass is 32.2. The van der Waals surface area contributed by atoms with Gasteiger partial charge in [0.1, 0.15) is 11.2 Å². The minimum Gasteiger partial charge on any atom is -0.444 e. The van der Waals surface area contributed by atoms with Crippen LogP contribution < -0.4 is 20.1 Å². The topological polar surface area (TPSA) is 169 Å². The van der Waals surface area contributed by atoms with Gasteiger partial charge in [-0.05, 0) is 68.2 Å². The van der Waals surface area contributed by atoms with Gasteiger partial charge in [-0.3, -0.25) is 0 Å². The average Bonchev–Trinajstić information content (AvgIpc) is 2.57. The van der Waals surface area contributed by atoms with Crippen molar-refractivity contribution in [1.29, 1.82) is 0 Å². The molecule has 4 N–H and O–H groups in total. The first-order valence-corrected chi connectivity index (χ1v) is 15.5. The van der Waals surface area contributed by atoms with Gasteiger partial charge in [0.2, 0.25) is 20.0 Å². The van der Waals surface area contributed by atoms with E-state index in [-0.39, 0.29) is 11.5 Å². The largest absolute Gasteiger partial charge is 0.444 e. The minimum atomic E-state index is -3.84. The maximum atomic E-state index is 12.8. The zero-order valence-electron chi connectivity index (χ0n) is 22.6. The Morgan fingerprint density at radius 3 is 1.31 bits per heavy atom. The molecule has 1 aliphatic carbocycles. The zero-order chi connectivity index (χ0) is 27.9. The van der Waals surface area contributed by atoms with Crippen LogP contribution in [0, 0.1) is 0 Å². The van der Waals surface area contributed by atoms with E-state index in [1.807, 2.05) is 0 Å². The van der Waals surface area contributed by atoms with Crippen LogP contribution in [-0.2, 0) is 29.5 Å². The second kappa shape index (κ2) is 12.7. The summed E-state index contributed by atoms with van der Waals surface area (Å²) in [6.45, 7) is 13.3. The van der Waals surface area contributed by atoms with Crippen LogP contribution in [-0.4, -0.2) is 75.9 Å². The lowest BCUT2D eigenvalue weighted by Crippen LogP contribution is -2.55. The van der Waals surface area contributed by atoms with Crippen molar-refractivity contribution in [3.8, 4) is 0 Å². The molecule has 0 aromatic carbocycles. The summed E-state index contributed by atoms with van der Waals surface area (Å²) in [5, 5.41) is 4.99. The summed E-state index contributed by atoms with van der Waals surface area (Å²) in [4.78, 5) is 23.8. The van der Waals surface area contributed by atoms with E-state index in [1.165, 1.54) is 0 Å². The van der Waals surface area contributed by atoms with E-state index in [0.29, 0.717) is 12.8 Å². The Hall–Kier alpha value is -1.64. The molecule has 36 heavy (non-hydrogen) atoms. The predicted octanol–water partition coefficient (Wildman–Crippen LogP) is 1.96. The molecule has 4 atom stereocenters. The first kappa shape index (κ1) is 32.4. The van der Waals surface area contributed by atoms with Gasteiger partial charge in [0.05, 0.1) is 11.5 Å². The Bertz CT molecular complexity index is 878. The van der Waals surface area contributed by atoms with E-state index in [0.717, 1.165) is 12.8 Å². The first-order valence-electron chi connectivity index (χ1n) is 12.2. The number of carbonyl (C=O) groups excluding carboxylic acids is 2. The highest BCUT2D eigenvalue weighted by molar-refractivity contribution is 7.89. The molecule has 1 aliphatic rings. The standard InChI is InChI=1S/C22H44N4O8S2/c1-15(23-19(27)33-21(3,4)5)13-35(29,30)25-17-11-9-10-12-18(17)26-36(31,32)14-16(2)24-20(28)34-22(6,7)8/h15-18,25-26H,9-14H2,1-8H3,(H,23,27)(H,24,28)/t15-,16-,17-,18-/m0/s1. The van der Waals surface area contributed by atoms with Gasteiger partial charge in [0.15, 0.2) is 0 Å². The highest BCUT2D eigenvalue weighted by Gasteiger charge is 2.33. The van der Waals surface area contributed by atoms with Crippen molar-refractivity contribution < 1.29 is 35.9 Å². The molecule has 0 aromatic heterocycles. The van der Waals surface area contributed by atoms with E-state index < -0.39 is 67.6 Å². The van der Waals surface area contributed by atoms with Gasteiger partial charge in [-0.25, -0.2) is 35.9 Å². The van der Waals surface area contributed by atoms with Crippen molar-refractivity contribution in [2.45, 2.75) is 116 Å². The van der Waals surface area contributed by atoms with Crippen molar-refractivity contribution in [3.63, 3.8) is 0 Å². The van der Waals surface area contributed by atoms with Crippen molar-refractivity contribution >= 4 is 32.2 Å². The van der Waals surface area contributed by atoms with Crippen LogP contribution in [0.2, 0.25) is 0 Å². The summed E-state index contributed by atoms with van der Waals surface area (Å²) >= 11 is 0. The lowest BCUT2D eigenvalue weighted by atomic mass is 9.92. The van der Waals surface area contributed by atoms with Crippen LogP contribution in [0.4, 0.5) is 9.59 Å². The maximum absolute atomic E-state index is 12.8. The quantitative estimate of drug-likeness (QED) is 0.316. The number of amides is 2. The Morgan fingerprint density at radius 2 is 1.03 bits per heavy atom. The second-order valence-corrected chi connectivity index (χ2v) is 15.0. The molecule has 2 amide bonds. The predicted molar refractivity (Wildman–Crippen MR) is 138 cm³/mol. The van der Waals surface area contributed by atoms with Gasteiger partial charge in [0.25, 0.3) is 0 Å². The molecule has 1 rings (SSSR count). The Kier molecular flexibility index (Phi) is 11.5. The number of alkyl carbamates (subject to hydrolysis) is 2. The average molecular weight is 557 g/mol. The van der Waals surface area contributed by atoms with Gasteiger partial charge >= 0.3 is 12.2 Å². The van der Waals surface area contributed by atoms with Crippen LogP contribution in [0.1, 0.15) is 81.1 Å². The number of hydrogen-bond acceptors (Lipinski definition) is 8. The summed E-state index contributed by atoms with van der Waals surface area (Å²) in [6.07, 6.45) is 0.977. The molecule has 0 aliphatic heterocycles. The van der Waals surface area contributed by atoms with E-state index in [9.17, 15) is 26.4 Å². The molecule has 0 aromatic rings. The molecule has 0 saturated heterocycles. The first-order chi connectivity index (χ1) is 16.2. The normalized spacial score (nSPS) is 21.2. The van der Waals surface area contributed by atoms with Crippen LogP contribution in [0.15, 0.2) is 0 Å². The third kappa shape index (κ3) is 14.2. The Morgan fingerprint density at radius 1 is 0.722 bits per heavy atom. The van der Waals surface area contributed by atoms with Gasteiger partial charge in [-0.1, -0.05) is 12.8 Å². The minimum absolute atomic E-state index is 0.390. The smallest absolute Gasteiger partial charge is 0.407 e.